The molecule has 0 aromatic carbocycles. The summed E-state index contributed by atoms with van der Waals surface area (Å²) < 4.78 is 28.1. The van der Waals surface area contributed by atoms with E-state index in [4.69, 9.17) is 22.1 Å². The quantitative estimate of drug-likeness (QED) is 0.441. The molecule has 0 bridgehead atoms. The SMILES string of the molecule is CO[Si](CCCBr)(OC)C(C)[Si](OC)(OC)OC. The Hall–Kier alpha value is 0.714. The van der Waals surface area contributed by atoms with Crippen LogP contribution in [0.15, 0.2) is 0 Å². The summed E-state index contributed by atoms with van der Waals surface area (Å²) in [5.74, 6) is 0. The van der Waals surface area contributed by atoms with Gasteiger partial charge in [-0.3, -0.25) is 0 Å². The Bertz CT molecular complexity index is 216. The molecule has 0 N–H and O–H groups in total. The molecule has 18 heavy (non-hydrogen) atoms. The maximum atomic E-state index is 5.75. The van der Waals surface area contributed by atoms with Crippen LogP contribution in [0.5, 0.6) is 0 Å². The van der Waals surface area contributed by atoms with Crippen LogP contribution in [0, 0.1) is 0 Å². The van der Waals surface area contributed by atoms with E-state index in [1.54, 1.807) is 35.5 Å². The highest BCUT2D eigenvalue weighted by Crippen LogP contribution is 2.37. The molecular weight excluding hydrogens is 336 g/mol. The monoisotopic (exact) mass is 360 g/mol. The molecule has 8 heteroatoms. The summed E-state index contributed by atoms with van der Waals surface area (Å²) in [5.41, 5.74) is 0. The Morgan fingerprint density at radius 1 is 0.889 bits per heavy atom. The number of halogens is 1. The van der Waals surface area contributed by atoms with E-state index in [0.29, 0.717) is 0 Å². The van der Waals surface area contributed by atoms with E-state index >= 15 is 0 Å². The van der Waals surface area contributed by atoms with Crippen LogP contribution in [0.25, 0.3) is 0 Å². The van der Waals surface area contributed by atoms with Crippen LogP contribution in [0.2, 0.25) is 11.2 Å². The third-order valence-electron chi connectivity index (χ3n) is 3.39. The number of hydrogen-bond acceptors (Lipinski definition) is 5. The van der Waals surface area contributed by atoms with E-state index in [0.717, 1.165) is 17.8 Å². The van der Waals surface area contributed by atoms with Crippen LogP contribution in [-0.4, -0.2) is 58.2 Å². The highest BCUT2D eigenvalue weighted by atomic mass is 79.9. The highest BCUT2D eigenvalue weighted by molar-refractivity contribution is 9.09. The zero-order valence-corrected chi connectivity index (χ0v) is 15.7. The summed E-state index contributed by atoms with van der Waals surface area (Å²) in [6.07, 6.45) is 0.986. The molecule has 0 radical (unpaired) electrons. The number of alkyl halides is 1. The zero-order chi connectivity index (χ0) is 14.2. The van der Waals surface area contributed by atoms with Gasteiger partial charge >= 0.3 is 17.4 Å². The van der Waals surface area contributed by atoms with E-state index in [1.165, 1.54) is 0 Å². The van der Waals surface area contributed by atoms with Gasteiger partial charge in [-0.05, 0) is 12.5 Å². The molecule has 1 atom stereocenters. The topological polar surface area (TPSA) is 46.2 Å². The summed E-state index contributed by atoms with van der Waals surface area (Å²) in [7, 11) is 3.08. The predicted molar refractivity (Wildman–Crippen MR) is 79.2 cm³/mol. The lowest BCUT2D eigenvalue weighted by Crippen LogP contribution is -2.59. The molecule has 0 aliphatic rings. The highest BCUT2D eigenvalue weighted by Gasteiger charge is 2.58. The fourth-order valence-electron chi connectivity index (χ4n) is 2.22. The van der Waals surface area contributed by atoms with Gasteiger partial charge in [-0.1, -0.05) is 22.9 Å². The Kier molecular flexibility index (Phi) is 9.15. The molecule has 0 spiro atoms. The molecule has 0 aliphatic carbocycles. The van der Waals surface area contributed by atoms with Crippen LogP contribution in [0.4, 0.5) is 0 Å². The first-order valence-corrected chi connectivity index (χ1v) is 10.9. The van der Waals surface area contributed by atoms with Crippen LogP contribution in [0.3, 0.4) is 0 Å². The fourth-order valence-corrected chi connectivity index (χ4v) is 11.3. The summed E-state index contributed by atoms with van der Waals surface area (Å²) in [6, 6.07) is 0.872. The summed E-state index contributed by atoms with van der Waals surface area (Å²) in [5, 5.41) is 0.918. The lowest BCUT2D eigenvalue weighted by molar-refractivity contribution is 0.111. The molecule has 0 saturated heterocycles. The van der Waals surface area contributed by atoms with Gasteiger partial charge in [0.15, 0.2) is 0 Å². The number of rotatable bonds is 10. The Balaban J connectivity index is 5.20. The first-order chi connectivity index (χ1) is 8.52. The maximum Gasteiger partial charge on any atom is 0.505 e. The molecule has 0 saturated carbocycles. The smallest absolute Gasteiger partial charge is 0.397 e. The van der Waals surface area contributed by atoms with Crippen LogP contribution < -0.4 is 0 Å². The lowest BCUT2D eigenvalue weighted by atomic mass is 10.6. The lowest BCUT2D eigenvalue weighted by Gasteiger charge is -2.39. The van der Waals surface area contributed by atoms with Crippen molar-refractivity contribution in [1.29, 1.82) is 0 Å². The minimum absolute atomic E-state index is 0.000880. The minimum Gasteiger partial charge on any atom is -0.397 e. The maximum absolute atomic E-state index is 5.75. The van der Waals surface area contributed by atoms with Crippen molar-refractivity contribution in [3.63, 3.8) is 0 Å². The molecule has 0 amide bonds. The second-order valence-corrected chi connectivity index (χ2v) is 12.4. The normalized spacial score (nSPS) is 14.8. The molecule has 0 fully saturated rings. The summed E-state index contributed by atoms with van der Waals surface area (Å²) in [6.45, 7) is 2.04. The minimum atomic E-state index is -2.75. The Morgan fingerprint density at radius 2 is 1.33 bits per heavy atom. The average Bonchev–Trinajstić information content (AvgIpc) is 2.43. The molecule has 0 heterocycles. The molecule has 0 aromatic rings. The van der Waals surface area contributed by atoms with Gasteiger partial charge in [0.2, 0.25) is 0 Å². The van der Waals surface area contributed by atoms with Crippen molar-refractivity contribution in [2.75, 3.05) is 40.9 Å². The van der Waals surface area contributed by atoms with E-state index < -0.39 is 17.4 Å². The van der Waals surface area contributed by atoms with Gasteiger partial charge in [-0.2, -0.15) is 0 Å². The predicted octanol–water partition coefficient (Wildman–Crippen LogP) is 2.31. The zero-order valence-electron chi connectivity index (χ0n) is 12.1. The number of hydrogen-bond donors (Lipinski definition) is 0. The van der Waals surface area contributed by atoms with Gasteiger partial charge in [-0.25, -0.2) is 0 Å². The standard InChI is InChI=1S/C10H25BrO5Si2/c1-10(18(14-4,15-5)16-6)17(12-2,13-3)9-7-8-11/h10H,7-9H2,1-6H3. The van der Waals surface area contributed by atoms with Crippen molar-refractivity contribution in [2.24, 2.45) is 0 Å². The van der Waals surface area contributed by atoms with Gasteiger partial charge in [0.05, 0.1) is 5.16 Å². The van der Waals surface area contributed by atoms with Gasteiger partial charge in [0.1, 0.15) is 0 Å². The van der Waals surface area contributed by atoms with Crippen molar-refractivity contribution in [2.45, 2.75) is 24.6 Å². The third kappa shape index (κ3) is 3.86. The Morgan fingerprint density at radius 3 is 1.61 bits per heavy atom. The van der Waals surface area contributed by atoms with Crippen molar-refractivity contribution in [3.05, 3.63) is 0 Å². The van der Waals surface area contributed by atoms with E-state index in [9.17, 15) is 0 Å². The summed E-state index contributed by atoms with van der Waals surface area (Å²) >= 11 is 3.44. The van der Waals surface area contributed by atoms with Gasteiger partial charge in [-0.15, -0.1) is 0 Å². The second kappa shape index (κ2) is 8.80. The fraction of sp³-hybridized carbons (Fsp3) is 1.00. The molecule has 0 aliphatic heterocycles. The van der Waals surface area contributed by atoms with Gasteiger partial charge in [0.25, 0.3) is 0 Å². The first kappa shape index (κ1) is 18.7. The largest absolute Gasteiger partial charge is 0.505 e. The van der Waals surface area contributed by atoms with E-state index in [2.05, 4.69) is 15.9 Å². The van der Waals surface area contributed by atoms with Crippen LogP contribution in [0.1, 0.15) is 13.3 Å². The van der Waals surface area contributed by atoms with E-state index in [-0.39, 0.29) is 5.16 Å². The van der Waals surface area contributed by atoms with Crippen LogP contribution >= 0.6 is 15.9 Å². The molecule has 5 nitrogen and oxygen atoms in total. The van der Waals surface area contributed by atoms with Crippen molar-refractivity contribution >= 4 is 33.3 Å². The van der Waals surface area contributed by atoms with Crippen LogP contribution in [-0.2, 0) is 22.1 Å². The molecular formula is C10H25BrO5Si2. The Labute approximate surface area is 121 Å². The molecule has 0 aromatic heterocycles. The first-order valence-electron chi connectivity index (χ1n) is 5.84. The second-order valence-electron chi connectivity index (χ2n) is 3.95. The van der Waals surface area contributed by atoms with Gasteiger partial charge in [0, 0.05) is 40.9 Å². The average molecular weight is 361 g/mol. The van der Waals surface area contributed by atoms with Crippen molar-refractivity contribution in [1.82, 2.24) is 0 Å². The van der Waals surface area contributed by atoms with E-state index in [1.807, 2.05) is 6.92 Å². The van der Waals surface area contributed by atoms with Gasteiger partial charge < -0.3 is 22.1 Å². The third-order valence-corrected chi connectivity index (χ3v) is 12.9. The summed E-state index contributed by atoms with van der Waals surface area (Å²) in [4.78, 5) is 0. The molecule has 0 rings (SSSR count). The van der Waals surface area contributed by atoms with Crippen molar-refractivity contribution in [3.8, 4) is 0 Å². The molecule has 110 valence electrons. The van der Waals surface area contributed by atoms with Crippen molar-refractivity contribution < 1.29 is 22.1 Å². The molecule has 1 unspecified atom stereocenters.